The third-order valence-corrected chi connectivity index (χ3v) is 2.59. The zero-order valence-electron chi connectivity index (χ0n) is 8.01. The molecule has 1 saturated heterocycles. The summed E-state index contributed by atoms with van der Waals surface area (Å²) in [5, 5.41) is 0. The van der Waals surface area contributed by atoms with E-state index in [1.807, 2.05) is 0 Å². The van der Waals surface area contributed by atoms with E-state index in [1.165, 1.54) is 32.3 Å². The van der Waals surface area contributed by atoms with Crippen molar-refractivity contribution >= 4 is 6.98 Å². The molecule has 0 radical (unpaired) electrons. The molecule has 2 nitrogen and oxygen atoms in total. The maximum Gasteiger partial charge on any atom is 0.310 e. The van der Waals surface area contributed by atoms with Gasteiger partial charge in [0.15, 0.2) is 0 Å². The van der Waals surface area contributed by atoms with Crippen molar-refractivity contribution in [3.63, 3.8) is 0 Å². The van der Waals surface area contributed by atoms with Crippen LogP contribution in [-0.4, -0.2) is 43.8 Å². The van der Waals surface area contributed by atoms with E-state index < -0.39 is 0 Å². The molecule has 0 unspecified atom stereocenters. The molecule has 0 aliphatic carbocycles. The van der Waals surface area contributed by atoms with Crippen LogP contribution in [0.2, 0.25) is 6.32 Å². The van der Waals surface area contributed by atoms with Crippen LogP contribution in [0.1, 0.15) is 19.8 Å². The molecule has 1 rings (SSSR count). The molecule has 0 saturated carbocycles. The Kier molecular flexibility index (Phi) is 3.40. The van der Waals surface area contributed by atoms with Gasteiger partial charge in [-0.25, -0.2) is 0 Å². The standard InChI is InChI=1S/C8H19BN2/c1-4-6-9-10(2)7-5-8-11(9)3/h4-8H2,1-3H3. The van der Waals surface area contributed by atoms with E-state index in [2.05, 4.69) is 30.6 Å². The number of nitrogens with zero attached hydrogens (tertiary/aromatic N) is 2. The minimum atomic E-state index is 0.703. The van der Waals surface area contributed by atoms with E-state index >= 15 is 0 Å². The highest BCUT2D eigenvalue weighted by molar-refractivity contribution is 6.52. The van der Waals surface area contributed by atoms with Gasteiger partial charge in [0.1, 0.15) is 0 Å². The molecule has 3 heteroatoms. The first-order valence-electron chi connectivity index (χ1n) is 4.66. The Labute approximate surface area is 70.7 Å². The summed E-state index contributed by atoms with van der Waals surface area (Å²) in [6.07, 6.45) is 3.93. The smallest absolute Gasteiger partial charge is 0.310 e. The van der Waals surface area contributed by atoms with Crippen LogP contribution in [0.3, 0.4) is 0 Å². The van der Waals surface area contributed by atoms with Crippen molar-refractivity contribution in [2.45, 2.75) is 26.1 Å². The topological polar surface area (TPSA) is 6.48 Å². The number of hydrogen-bond acceptors (Lipinski definition) is 2. The van der Waals surface area contributed by atoms with Gasteiger partial charge in [-0.2, -0.15) is 0 Å². The first kappa shape index (κ1) is 9.08. The third kappa shape index (κ3) is 2.21. The van der Waals surface area contributed by atoms with Gasteiger partial charge < -0.3 is 9.62 Å². The summed E-state index contributed by atoms with van der Waals surface area (Å²) in [4.78, 5) is 4.93. The molecule has 64 valence electrons. The maximum absolute atomic E-state index is 2.47. The fraction of sp³-hybridized carbons (Fsp3) is 1.00. The molecule has 1 heterocycles. The average Bonchev–Trinajstić information content (AvgIpc) is 1.97. The van der Waals surface area contributed by atoms with E-state index in [4.69, 9.17) is 0 Å². The Morgan fingerprint density at radius 3 is 2.18 bits per heavy atom. The zero-order chi connectivity index (χ0) is 8.27. The summed E-state index contributed by atoms with van der Waals surface area (Å²) >= 11 is 0. The molecule has 0 amide bonds. The second-order valence-electron chi connectivity index (χ2n) is 3.58. The zero-order valence-corrected chi connectivity index (χ0v) is 8.01. The Balaban J connectivity index is 2.41. The third-order valence-electron chi connectivity index (χ3n) is 2.59. The summed E-state index contributed by atoms with van der Waals surface area (Å²) in [6, 6.07) is 0. The van der Waals surface area contributed by atoms with Crippen LogP contribution in [-0.2, 0) is 0 Å². The number of hydrogen-bond donors (Lipinski definition) is 0. The molecular formula is C8H19BN2. The van der Waals surface area contributed by atoms with Crippen molar-refractivity contribution in [2.24, 2.45) is 0 Å². The van der Waals surface area contributed by atoms with Gasteiger partial charge in [0.2, 0.25) is 0 Å². The van der Waals surface area contributed by atoms with Crippen LogP contribution in [0, 0.1) is 0 Å². The lowest BCUT2D eigenvalue weighted by Gasteiger charge is -2.37. The van der Waals surface area contributed by atoms with Gasteiger partial charge in [0.05, 0.1) is 0 Å². The Morgan fingerprint density at radius 2 is 1.73 bits per heavy atom. The molecule has 0 atom stereocenters. The minimum absolute atomic E-state index is 0.703. The quantitative estimate of drug-likeness (QED) is 0.550. The van der Waals surface area contributed by atoms with E-state index in [-0.39, 0.29) is 0 Å². The van der Waals surface area contributed by atoms with Crippen molar-refractivity contribution in [1.82, 2.24) is 9.62 Å². The van der Waals surface area contributed by atoms with Crippen LogP contribution in [0.15, 0.2) is 0 Å². The van der Waals surface area contributed by atoms with E-state index in [1.54, 1.807) is 0 Å². The van der Waals surface area contributed by atoms with Gasteiger partial charge in [-0.1, -0.05) is 13.3 Å². The van der Waals surface area contributed by atoms with Crippen molar-refractivity contribution in [2.75, 3.05) is 27.2 Å². The van der Waals surface area contributed by atoms with Crippen molar-refractivity contribution < 1.29 is 0 Å². The summed E-state index contributed by atoms with van der Waals surface area (Å²) in [7, 11) is 4.46. The van der Waals surface area contributed by atoms with Gasteiger partial charge in [-0.3, -0.25) is 0 Å². The van der Waals surface area contributed by atoms with Crippen molar-refractivity contribution in [3.8, 4) is 0 Å². The summed E-state index contributed by atoms with van der Waals surface area (Å²) in [5.74, 6) is 0. The van der Waals surface area contributed by atoms with E-state index in [9.17, 15) is 0 Å². The van der Waals surface area contributed by atoms with Gasteiger partial charge in [0, 0.05) is 0 Å². The Bertz CT molecular complexity index is 109. The second-order valence-corrected chi connectivity index (χ2v) is 3.58. The molecule has 0 bridgehead atoms. The van der Waals surface area contributed by atoms with Crippen LogP contribution in [0.4, 0.5) is 0 Å². The van der Waals surface area contributed by atoms with Crippen molar-refractivity contribution in [3.05, 3.63) is 0 Å². The normalized spacial score (nSPS) is 22.6. The monoisotopic (exact) mass is 154 g/mol. The van der Waals surface area contributed by atoms with Crippen LogP contribution >= 0.6 is 0 Å². The van der Waals surface area contributed by atoms with E-state index in [0.717, 1.165) is 0 Å². The fourth-order valence-corrected chi connectivity index (χ4v) is 1.90. The number of rotatable bonds is 2. The molecule has 0 aromatic rings. The fourth-order valence-electron chi connectivity index (χ4n) is 1.90. The van der Waals surface area contributed by atoms with Crippen LogP contribution in [0.25, 0.3) is 0 Å². The molecule has 0 N–H and O–H groups in total. The summed E-state index contributed by atoms with van der Waals surface area (Å²) in [6.45, 7) is 5.51. The second kappa shape index (κ2) is 4.12. The Hall–Kier alpha value is -0.0151. The highest BCUT2D eigenvalue weighted by atomic mass is 15.2. The van der Waals surface area contributed by atoms with Gasteiger partial charge >= 0.3 is 6.98 Å². The maximum atomic E-state index is 2.47. The van der Waals surface area contributed by atoms with Gasteiger partial charge in [-0.15, -0.1) is 0 Å². The minimum Gasteiger partial charge on any atom is -0.331 e. The lowest BCUT2D eigenvalue weighted by atomic mass is 9.66. The summed E-state index contributed by atoms with van der Waals surface area (Å²) in [5.41, 5.74) is 0. The summed E-state index contributed by atoms with van der Waals surface area (Å²) < 4.78 is 0. The highest BCUT2D eigenvalue weighted by Crippen LogP contribution is 2.11. The lowest BCUT2D eigenvalue weighted by Crippen LogP contribution is -2.54. The molecule has 11 heavy (non-hydrogen) atoms. The lowest BCUT2D eigenvalue weighted by molar-refractivity contribution is 0.341. The molecule has 1 aliphatic heterocycles. The molecule has 1 aliphatic rings. The molecule has 1 fully saturated rings. The first-order chi connectivity index (χ1) is 5.25. The van der Waals surface area contributed by atoms with Crippen molar-refractivity contribution in [1.29, 1.82) is 0 Å². The largest absolute Gasteiger partial charge is 0.331 e. The van der Waals surface area contributed by atoms with Gasteiger partial charge in [-0.05, 0) is 39.9 Å². The van der Waals surface area contributed by atoms with Crippen LogP contribution in [0.5, 0.6) is 0 Å². The molecule has 0 spiro atoms. The van der Waals surface area contributed by atoms with Gasteiger partial charge in [0.25, 0.3) is 0 Å². The Morgan fingerprint density at radius 1 is 1.18 bits per heavy atom. The molecular weight excluding hydrogens is 135 g/mol. The highest BCUT2D eigenvalue weighted by Gasteiger charge is 2.27. The van der Waals surface area contributed by atoms with E-state index in [0.29, 0.717) is 6.98 Å². The predicted octanol–water partition coefficient (Wildman–Crippen LogP) is 1.15. The molecule has 0 aromatic carbocycles. The first-order valence-corrected chi connectivity index (χ1v) is 4.66. The van der Waals surface area contributed by atoms with Crippen LogP contribution < -0.4 is 0 Å². The predicted molar refractivity (Wildman–Crippen MR) is 50.7 cm³/mol. The molecule has 0 aromatic heterocycles. The average molecular weight is 154 g/mol. The SMILES string of the molecule is CCCB1N(C)CCCN1C.